The van der Waals surface area contributed by atoms with Crippen molar-refractivity contribution in [2.75, 3.05) is 0 Å². The van der Waals surface area contributed by atoms with Gasteiger partial charge >= 0.3 is 10.1 Å². The van der Waals surface area contributed by atoms with Crippen LogP contribution in [0.5, 0.6) is 5.75 Å². The van der Waals surface area contributed by atoms with Gasteiger partial charge in [-0.05, 0) is 31.2 Å². The lowest BCUT2D eigenvalue weighted by atomic mass is 10.2. The predicted octanol–water partition coefficient (Wildman–Crippen LogP) is 2.94. The second-order valence-corrected chi connectivity index (χ2v) is 5.74. The molecule has 2 rings (SSSR count). The maximum atomic E-state index is 13.4. The van der Waals surface area contributed by atoms with Gasteiger partial charge in [0.15, 0.2) is 17.3 Å². The van der Waals surface area contributed by atoms with Crippen LogP contribution in [0, 0.1) is 11.6 Å². The van der Waals surface area contributed by atoms with Crippen LogP contribution in [0.1, 0.15) is 17.3 Å². The van der Waals surface area contributed by atoms with Gasteiger partial charge in [0.25, 0.3) is 0 Å². The summed E-state index contributed by atoms with van der Waals surface area (Å²) in [6.45, 7) is 1.28. The van der Waals surface area contributed by atoms with E-state index in [-0.39, 0.29) is 16.2 Å². The molecule has 0 saturated heterocycles. The van der Waals surface area contributed by atoms with E-state index in [9.17, 15) is 22.0 Å². The molecule has 0 aliphatic rings. The third kappa shape index (κ3) is 3.43. The van der Waals surface area contributed by atoms with Crippen LogP contribution >= 0.6 is 0 Å². The fourth-order valence-electron chi connectivity index (χ4n) is 1.58. The third-order valence-electron chi connectivity index (χ3n) is 2.62. The minimum absolute atomic E-state index is 0.180. The summed E-state index contributed by atoms with van der Waals surface area (Å²) in [6, 6.07) is 7.41. The first-order valence-electron chi connectivity index (χ1n) is 5.80. The fraction of sp³-hybridized carbons (Fsp3) is 0.0714. The average molecular weight is 312 g/mol. The van der Waals surface area contributed by atoms with E-state index in [0.717, 1.165) is 18.2 Å². The molecule has 0 aromatic heterocycles. The van der Waals surface area contributed by atoms with Gasteiger partial charge in [-0.3, -0.25) is 4.79 Å². The van der Waals surface area contributed by atoms with E-state index in [1.54, 1.807) is 0 Å². The van der Waals surface area contributed by atoms with Crippen molar-refractivity contribution >= 4 is 15.9 Å². The van der Waals surface area contributed by atoms with Crippen molar-refractivity contribution in [3.05, 3.63) is 59.7 Å². The van der Waals surface area contributed by atoms with Crippen LogP contribution in [0.4, 0.5) is 8.78 Å². The summed E-state index contributed by atoms with van der Waals surface area (Å²) in [5, 5.41) is 0. The molecule has 0 spiro atoms. The van der Waals surface area contributed by atoms with Crippen molar-refractivity contribution < 1.29 is 26.2 Å². The number of Topliss-reactive ketones (excluding diaryl/α,β-unsaturated/α-hetero) is 1. The Morgan fingerprint density at radius 1 is 1.10 bits per heavy atom. The normalized spacial score (nSPS) is 11.2. The van der Waals surface area contributed by atoms with Gasteiger partial charge in [0.2, 0.25) is 0 Å². The highest BCUT2D eigenvalue weighted by Gasteiger charge is 2.20. The molecule has 0 amide bonds. The standard InChI is InChI=1S/C14H10F2O4S/c1-9(17)10-3-2-4-12(7-10)21(18,19)20-14-6-5-11(15)8-13(14)16/h2-8H,1H3. The van der Waals surface area contributed by atoms with Crippen LogP contribution in [0.15, 0.2) is 47.4 Å². The minimum atomic E-state index is -4.32. The molecule has 0 saturated carbocycles. The van der Waals surface area contributed by atoms with E-state index < -0.39 is 27.5 Å². The third-order valence-corrected chi connectivity index (χ3v) is 3.85. The smallest absolute Gasteiger partial charge is 0.339 e. The molecule has 0 aliphatic heterocycles. The van der Waals surface area contributed by atoms with E-state index in [2.05, 4.69) is 4.18 Å². The van der Waals surface area contributed by atoms with E-state index in [4.69, 9.17) is 0 Å². The summed E-state index contributed by atoms with van der Waals surface area (Å²) in [4.78, 5) is 10.9. The maximum Gasteiger partial charge on any atom is 0.339 e. The van der Waals surface area contributed by atoms with Crippen molar-refractivity contribution in [2.45, 2.75) is 11.8 Å². The average Bonchev–Trinajstić information content (AvgIpc) is 2.42. The lowest BCUT2D eigenvalue weighted by molar-refractivity contribution is 0.101. The van der Waals surface area contributed by atoms with Crippen LogP contribution < -0.4 is 4.18 Å². The van der Waals surface area contributed by atoms with Gasteiger partial charge < -0.3 is 4.18 Å². The Labute approximate surface area is 120 Å². The van der Waals surface area contributed by atoms with E-state index in [1.807, 2.05) is 0 Å². The first-order valence-corrected chi connectivity index (χ1v) is 7.21. The first-order chi connectivity index (χ1) is 9.79. The van der Waals surface area contributed by atoms with Crippen molar-refractivity contribution in [1.29, 1.82) is 0 Å². The van der Waals surface area contributed by atoms with E-state index >= 15 is 0 Å². The van der Waals surface area contributed by atoms with Gasteiger partial charge in [0, 0.05) is 11.6 Å². The Hall–Kier alpha value is -2.28. The molecule has 0 aliphatic carbocycles. The summed E-state index contributed by atoms with van der Waals surface area (Å²) in [5.74, 6) is -2.93. The SMILES string of the molecule is CC(=O)c1cccc(S(=O)(=O)Oc2ccc(F)cc2F)c1. The first kappa shape index (κ1) is 15.1. The minimum Gasteiger partial charge on any atom is -0.376 e. The van der Waals surface area contributed by atoms with E-state index in [1.165, 1.54) is 25.1 Å². The fourth-order valence-corrected chi connectivity index (χ4v) is 2.56. The molecule has 0 N–H and O–H groups in total. The molecule has 2 aromatic carbocycles. The Balaban J connectivity index is 2.38. The molecule has 0 bridgehead atoms. The molecule has 21 heavy (non-hydrogen) atoms. The predicted molar refractivity (Wildman–Crippen MR) is 70.6 cm³/mol. The molecule has 0 atom stereocenters. The number of benzene rings is 2. The van der Waals surface area contributed by atoms with Gasteiger partial charge in [0.1, 0.15) is 10.7 Å². The number of rotatable bonds is 4. The van der Waals surface area contributed by atoms with Crippen LogP contribution in [0.3, 0.4) is 0 Å². The van der Waals surface area contributed by atoms with Crippen LogP contribution in [-0.4, -0.2) is 14.2 Å². The van der Waals surface area contributed by atoms with Gasteiger partial charge in [-0.15, -0.1) is 0 Å². The highest BCUT2D eigenvalue weighted by atomic mass is 32.2. The van der Waals surface area contributed by atoms with Gasteiger partial charge in [0.05, 0.1) is 0 Å². The summed E-state index contributed by atoms with van der Waals surface area (Å²) < 4.78 is 54.8. The van der Waals surface area contributed by atoms with Gasteiger partial charge in [-0.25, -0.2) is 8.78 Å². The quantitative estimate of drug-likeness (QED) is 0.643. The Kier molecular flexibility index (Phi) is 4.04. The topological polar surface area (TPSA) is 60.4 Å². The molecule has 4 nitrogen and oxygen atoms in total. The Morgan fingerprint density at radius 3 is 2.43 bits per heavy atom. The zero-order valence-corrected chi connectivity index (χ0v) is 11.7. The zero-order valence-electron chi connectivity index (χ0n) is 10.8. The number of hydrogen-bond acceptors (Lipinski definition) is 4. The molecule has 110 valence electrons. The molecule has 0 unspecified atom stereocenters. The van der Waals surface area contributed by atoms with Crippen molar-refractivity contribution in [2.24, 2.45) is 0 Å². The lowest BCUT2D eigenvalue weighted by Gasteiger charge is -2.08. The zero-order chi connectivity index (χ0) is 15.6. The summed E-state index contributed by atoms with van der Waals surface area (Å²) >= 11 is 0. The Morgan fingerprint density at radius 2 is 1.81 bits per heavy atom. The molecule has 7 heteroatoms. The second kappa shape index (κ2) is 5.61. The monoisotopic (exact) mass is 312 g/mol. The summed E-state index contributed by atoms with van der Waals surface area (Å²) in [7, 11) is -4.32. The molecular weight excluding hydrogens is 302 g/mol. The molecule has 0 radical (unpaired) electrons. The van der Waals surface area contributed by atoms with Crippen molar-refractivity contribution in [3.8, 4) is 5.75 Å². The summed E-state index contributed by atoms with van der Waals surface area (Å²) in [6.07, 6.45) is 0. The van der Waals surface area contributed by atoms with Crippen molar-refractivity contribution in [1.82, 2.24) is 0 Å². The molecule has 0 heterocycles. The van der Waals surface area contributed by atoms with Crippen LogP contribution in [0.2, 0.25) is 0 Å². The summed E-state index contributed by atoms with van der Waals surface area (Å²) in [5.41, 5.74) is 0.180. The van der Waals surface area contributed by atoms with Gasteiger partial charge in [-0.2, -0.15) is 8.42 Å². The molecule has 2 aromatic rings. The Bertz CT molecular complexity index is 800. The van der Waals surface area contributed by atoms with Crippen molar-refractivity contribution in [3.63, 3.8) is 0 Å². The van der Waals surface area contributed by atoms with Crippen LogP contribution in [-0.2, 0) is 10.1 Å². The second-order valence-electron chi connectivity index (χ2n) is 4.20. The number of ketones is 1. The van der Waals surface area contributed by atoms with E-state index in [0.29, 0.717) is 6.07 Å². The molecular formula is C14H10F2O4S. The number of hydrogen-bond donors (Lipinski definition) is 0. The highest BCUT2D eigenvalue weighted by molar-refractivity contribution is 7.87. The highest BCUT2D eigenvalue weighted by Crippen LogP contribution is 2.23. The molecule has 0 fully saturated rings. The number of halogens is 2. The van der Waals surface area contributed by atoms with Gasteiger partial charge in [-0.1, -0.05) is 12.1 Å². The lowest BCUT2D eigenvalue weighted by Crippen LogP contribution is -2.11. The largest absolute Gasteiger partial charge is 0.376 e. The number of carbonyl (C=O) groups is 1. The maximum absolute atomic E-state index is 13.4. The van der Waals surface area contributed by atoms with Crippen LogP contribution in [0.25, 0.3) is 0 Å². The number of carbonyl (C=O) groups excluding carboxylic acids is 1.